The summed E-state index contributed by atoms with van der Waals surface area (Å²) in [4.78, 5) is 10.4. The van der Waals surface area contributed by atoms with E-state index in [9.17, 15) is 10.1 Å². The Bertz CT molecular complexity index is 376. The molecule has 0 saturated heterocycles. The molecule has 0 aromatic heterocycles. The van der Waals surface area contributed by atoms with E-state index in [0.29, 0.717) is 6.04 Å². The van der Waals surface area contributed by atoms with Crippen molar-refractivity contribution >= 4 is 11.4 Å². The van der Waals surface area contributed by atoms with E-state index < -0.39 is 0 Å². The monoisotopic (exact) mass is 192 g/mol. The molecular formula is C10H12N2O2. The van der Waals surface area contributed by atoms with E-state index in [1.54, 1.807) is 12.1 Å². The molecule has 0 amide bonds. The summed E-state index contributed by atoms with van der Waals surface area (Å²) in [7, 11) is 0. The summed E-state index contributed by atoms with van der Waals surface area (Å²) in [5, 5.41) is 14.0. The number of nitrogens with one attached hydrogen (secondary N) is 1. The van der Waals surface area contributed by atoms with Gasteiger partial charge in [-0.05, 0) is 25.8 Å². The van der Waals surface area contributed by atoms with E-state index in [4.69, 9.17) is 0 Å². The Balaban J connectivity index is 2.46. The molecule has 1 unspecified atom stereocenters. The molecule has 0 fully saturated rings. The molecule has 1 N–H and O–H groups in total. The van der Waals surface area contributed by atoms with Crippen LogP contribution in [0.25, 0.3) is 0 Å². The van der Waals surface area contributed by atoms with Gasteiger partial charge in [-0.2, -0.15) is 0 Å². The third-order valence-electron chi connectivity index (χ3n) is 2.58. The molecule has 1 aromatic carbocycles. The number of fused-ring (bicyclic) bond motifs is 1. The summed E-state index contributed by atoms with van der Waals surface area (Å²) < 4.78 is 0. The fourth-order valence-electron chi connectivity index (χ4n) is 1.84. The highest BCUT2D eigenvalue weighted by molar-refractivity contribution is 5.62. The lowest BCUT2D eigenvalue weighted by Gasteiger charge is -2.23. The zero-order valence-electron chi connectivity index (χ0n) is 7.99. The minimum Gasteiger partial charge on any atom is -0.382 e. The molecule has 0 bridgehead atoms. The zero-order valence-corrected chi connectivity index (χ0v) is 7.99. The first-order valence-electron chi connectivity index (χ1n) is 4.71. The molecule has 1 aliphatic heterocycles. The van der Waals surface area contributed by atoms with Gasteiger partial charge in [0.2, 0.25) is 0 Å². The largest absolute Gasteiger partial charge is 0.382 e. The van der Waals surface area contributed by atoms with Crippen LogP contribution < -0.4 is 5.32 Å². The van der Waals surface area contributed by atoms with Crippen molar-refractivity contribution in [1.29, 1.82) is 0 Å². The average molecular weight is 192 g/mol. The van der Waals surface area contributed by atoms with Gasteiger partial charge in [0.15, 0.2) is 0 Å². The number of nitrogens with zero attached hydrogens (tertiary/aromatic N) is 1. The Labute approximate surface area is 82.1 Å². The van der Waals surface area contributed by atoms with Gasteiger partial charge in [-0.25, -0.2) is 0 Å². The quantitative estimate of drug-likeness (QED) is 0.548. The summed E-state index contributed by atoms with van der Waals surface area (Å²) >= 11 is 0. The van der Waals surface area contributed by atoms with Gasteiger partial charge in [-0.1, -0.05) is 6.07 Å². The van der Waals surface area contributed by atoms with Crippen LogP contribution in [-0.4, -0.2) is 11.0 Å². The lowest BCUT2D eigenvalue weighted by atomic mass is 9.97. The topological polar surface area (TPSA) is 55.2 Å². The van der Waals surface area contributed by atoms with Gasteiger partial charge in [-0.15, -0.1) is 0 Å². The Kier molecular flexibility index (Phi) is 2.11. The van der Waals surface area contributed by atoms with Crippen LogP contribution in [0.3, 0.4) is 0 Å². The van der Waals surface area contributed by atoms with E-state index in [2.05, 4.69) is 12.2 Å². The summed E-state index contributed by atoms with van der Waals surface area (Å²) in [5.41, 5.74) is 2.00. The van der Waals surface area contributed by atoms with Crippen LogP contribution in [0.4, 0.5) is 11.4 Å². The second-order valence-corrected chi connectivity index (χ2v) is 3.64. The van der Waals surface area contributed by atoms with Crippen LogP contribution in [0, 0.1) is 10.1 Å². The minimum atomic E-state index is -0.309. The molecule has 14 heavy (non-hydrogen) atoms. The molecule has 1 atom stereocenters. The fourth-order valence-corrected chi connectivity index (χ4v) is 1.84. The average Bonchev–Trinajstić information content (AvgIpc) is 2.16. The number of anilines is 1. The standard InChI is InChI=1S/C10H12N2O2/c1-7-5-6-8-9(11-7)3-2-4-10(8)12(13)14/h2-4,7,11H,5-6H2,1H3. The van der Waals surface area contributed by atoms with E-state index in [-0.39, 0.29) is 10.6 Å². The molecule has 0 aliphatic carbocycles. The van der Waals surface area contributed by atoms with Crippen molar-refractivity contribution < 1.29 is 4.92 Å². The lowest BCUT2D eigenvalue weighted by Crippen LogP contribution is -2.22. The van der Waals surface area contributed by atoms with Gasteiger partial charge in [0.05, 0.1) is 10.5 Å². The molecule has 1 heterocycles. The first-order valence-corrected chi connectivity index (χ1v) is 4.71. The van der Waals surface area contributed by atoms with Gasteiger partial charge in [0.1, 0.15) is 0 Å². The molecule has 1 aromatic rings. The van der Waals surface area contributed by atoms with Crippen molar-refractivity contribution in [1.82, 2.24) is 0 Å². The Morgan fingerprint density at radius 2 is 2.36 bits per heavy atom. The van der Waals surface area contributed by atoms with Crippen LogP contribution >= 0.6 is 0 Å². The van der Waals surface area contributed by atoms with Gasteiger partial charge in [0.25, 0.3) is 5.69 Å². The molecule has 0 saturated carbocycles. The Hall–Kier alpha value is -1.58. The summed E-state index contributed by atoms with van der Waals surface area (Å²) in [5.74, 6) is 0. The van der Waals surface area contributed by atoms with Crippen LogP contribution in [0.1, 0.15) is 18.9 Å². The van der Waals surface area contributed by atoms with Gasteiger partial charge in [0, 0.05) is 17.8 Å². The van der Waals surface area contributed by atoms with Gasteiger partial charge >= 0.3 is 0 Å². The van der Waals surface area contributed by atoms with Crippen molar-refractivity contribution in [3.63, 3.8) is 0 Å². The predicted molar refractivity (Wildman–Crippen MR) is 54.5 cm³/mol. The molecule has 4 nitrogen and oxygen atoms in total. The maximum Gasteiger partial charge on any atom is 0.274 e. The number of hydrogen-bond donors (Lipinski definition) is 1. The van der Waals surface area contributed by atoms with Gasteiger partial charge < -0.3 is 5.32 Å². The molecular weight excluding hydrogens is 180 g/mol. The highest BCUT2D eigenvalue weighted by Gasteiger charge is 2.22. The van der Waals surface area contributed by atoms with E-state index in [0.717, 1.165) is 24.1 Å². The van der Waals surface area contributed by atoms with E-state index in [1.807, 2.05) is 6.07 Å². The second-order valence-electron chi connectivity index (χ2n) is 3.64. The highest BCUT2D eigenvalue weighted by atomic mass is 16.6. The molecule has 0 radical (unpaired) electrons. The fraction of sp³-hybridized carbons (Fsp3) is 0.400. The molecule has 4 heteroatoms. The van der Waals surface area contributed by atoms with Crippen molar-refractivity contribution in [2.75, 3.05) is 5.32 Å². The van der Waals surface area contributed by atoms with Crippen molar-refractivity contribution in [2.24, 2.45) is 0 Å². The number of nitro benzene ring substituents is 1. The number of nitro groups is 1. The van der Waals surface area contributed by atoms with Crippen LogP contribution in [0.2, 0.25) is 0 Å². The lowest BCUT2D eigenvalue weighted by molar-refractivity contribution is -0.385. The highest BCUT2D eigenvalue weighted by Crippen LogP contribution is 2.31. The van der Waals surface area contributed by atoms with Crippen LogP contribution in [0.15, 0.2) is 18.2 Å². The third kappa shape index (κ3) is 1.43. The summed E-state index contributed by atoms with van der Waals surface area (Å²) in [6, 6.07) is 5.60. The predicted octanol–water partition coefficient (Wildman–Crippen LogP) is 2.34. The first-order chi connectivity index (χ1) is 6.68. The molecule has 1 aliphatic rings. The normalized spacial score (nSPS) is 19.6. The maximum absolute atomic E-state index is 10.7. The Morgan fingerprint density at radius 1 is 1.57 bits per heavy atom. The Morgan fingerprint density at radius 3 is 3.07 bits per heavy atom. The molecule has 0 spiro atoms. The van der Waals surface area contributed by atoms with Crippen LogP contribution in [-0.2, 0) is 6.42 Å². The van der Waals surface area contributed by atoms with Crippen molar-refractivity contribution in [3.8, 4) is 0 Å². The number of hydrogen-bond acceptors (Lipinski definition) is 3. The smallest absolute Gasteiger partial charge is 0.274 e. The summed E-state index contributed by atoms with van der Waals surface area (Å²) in [6.07, 6.45) is 1.75. The number of benzene rings is 1. The summed E-state index contributed by atoms with van der Waals surface area (Å²) in [6.45, 7) is 2.09. The van der Waals surface area contributed by atoms with Crippen molar-refractivity contribution in [2.45, 2.75) is 25.8 Å². The van der Waals surface area contributed by atoms with Crippen LogP contribution in [0.5, 0.6) is 0 Å². The minimum absolute atomic E-state index is 0.238. The number of rotatable bonds is 1. The SMILES string of the molecule is CC1CCc2c(cccc2[N+](=O)[O-])N1. The van der Waals surface area contributed by atoms with E-state index >= 15 is 0 Å². The zero-order chi connectivity index (χ0) is 10.1. The first kappa shape index (κ1) is 8.99. The van der Waals surface area contributed by atoms with Gasteiger partial charge in [-0.3, -0.25) is 10.1 Å². The molecule has 2 rings (SSSR count). The molecule has 74 valence electrons. The van der Waals surface area contributed by atoms with Crippen molar-refractivity contribution in [3.05, 3.63) is 33.9 Å². The van der Waals surface area contributed by atoms with E-state index in [1.165, 1.54) is 0 Å². The third-order valence-corrected chi connectivity index (χ3v) is 2.58. The maximum atomic E-state index is 10.7. The second kappa shape index (κ2) is 3.29.